The van der Waals surface area contributed by atoms with Gasteiger partial charge in [0.1, 0.15) is 0 Å². The Kier molecular flexibility index (Phi) is 2.89. The molecule has 2 aliphatic carbocycles. The largest absolute Gasteiger partial charge is 0.395 e. The van der Waals surface area contributed by atoms with Crippen LogP contribution in [0.3, 0.4) is 0 Å². The highest BCUT2D eigenvalue weighted by Crippen LogP contribution is 2.44. The van der Waals surface area contributed by atoms with Crippen LogP contribution in [0, 0.1) is 11.8 Å². The van der Waals surface area contributed by atoms with Crippen LogP contribution in [0.15, 0.2) is 0 Å². The number of nitrogens with one attached hydrogen (secondary N) is 1. The van der Waals surface area contributed by atoms with Crippen molar-refractivity contribution >= 4 is 0 Å². The number of rotatable bonds is 4. The summed E-state index contributed by atoms with van der Waals surface area (Å²) < 4.78 is 0. The lowest BCUT2D eigenvalue weighted by Crippen LogP contribution is -2.42. The zero-order chi connectivity index (χ0) is 9.26. The first-order valence-electron chi connectivity index (χ1n) is 5.70. The zero-order valence-electron chi connectivity index (χ0n) is 8.50. The number of aliphatic hydroxyl groups is 1. The van der Waals surface area contributed by atoms with E-state index in [4.69, 9.17) is 5.11 Å². The molecule has 2 aliphatic rings. The van der Waals surface area contributed by atoms with E-state index in [0.29, 0.717) is 12.6 Å². The SMILES string of the molecule is CC[C@@H](CO)N[C@@H]1C[C@H]2CC[C@H]1C2. The standard InChI is InChI=1S/C11H21NO/c1-2-10(7-13)12-11-6-8-3-4-9(11)5-8/h8-13H,2-7H2,1H3/t8-,9-,10-,11+/m0/s1. The predicted octanol–water partition coefficient (Wildman–Crippen LogP) is 1.54. The van der Waals surface area contributed by atoms with Crippen LogP contribution in [0.4, 0.5) is 0 Å². The summed E-state index contributed by atoms with van der Waals surface area (Å²) in [5, 5.41) is 12.7. The van der Waals surface area contributed by atoms with E-state index < -0.39 is 0 Å². The fraction of sp³-hybridized carbons (Fsp3) is 1.00. The Balaban J connectivity index is 1.82. The molecule has 76 valence electrons. The summed E-state index contributed by atoms with van der Waals surface area (Å²) in [6, 6.07) is 1.06. The average Bonchev–Trinajstić information content (AvgIpc) is 2.75. The van der Waals surface area contributed by atoms with Gasteiger partial charge in [-0.3, -0.25) is 0 Å². The molecule has 0 aliphatic heterocycles. The third-order valence-corrected chi connectivity index (χ3v) is 3.90. The summed E-state index contributed by atoms with van der Waals surface area (Å²) >= 11 is 0. The van der Waals surface area contributed by atoms with Crippen LogP contribution < -0.4 is 5.32 Å². The van der Waals surface area contributed by atoms with Gasteiger partial charge in [0.2, 0.25) is 0 Å². The number of hydrogen-bond acceptors (Lipinski definition) is 2. The fourth-order valence-corrected chi connectivity index (χ4v) is 3.05. The van der Waals surface area contributed by atoms with Crippen molar-refractivity contribution in [1.29, 1.82) is 0 Å². The first-order chi connectivity index (χ1) is 6.33. The molecule has 2 saturated carbocycles. The second-order valence-electron chi connectivity index (χ2n) is 4.74. The van der Waals surface area contributed by atoms with E-state index in [0.717, 1.165) is 24.3 Å². The molecule has 0 amide bonds. The maximum absolute atomic E-state index is 9.09. The lowest BCUT2D eigenvalue weighted by Gasteiger charge is -2.27. The summed E-state index contributed by atoms with van der Waals surface area (Å²) in [4.78, 5) is 0. The van der Waals surface area contributed by atoms with Crippen LogP contribution in [0.25, 0.3) is 0 Å². The minimum absolute atomic E-state index is 0.296. The summed E-state index contributed by atoms with van der Waals surface area (Å²) in [5.41, 5.74) is 0. The molecule has 0 heterocycles. The van der Waals surface area contributed by atoms with Crippen LogP contribution in [-0.4, -0.2) is 23.8 Å². The summed E-state index contributed by atoms with van der Waals surface area (Å²) in [5.74, 6) is 1.92. The lowest BCUT2D eigenvalue weighted by atomic mass is 9.94. The molecular weight excluding hydrogens is 162 g/mol. The summed E-state index contributed by atoms with van der Waals surface area (Å²) in [6.45, 7) is 2.44. The Hall–Kier alpha value is -0.0800. The van der Waals surface area contributed by atoms with Crippen molar-refractivity contribution in [3.63, 3.8) is 0 Å². The minimum Gasteiger partial charge on any atom is -0.395 e. The molecule has 0 saturated heterocycles. The van der Waals surface area contributed by atoms with Gasteiger partial charge in [0.15, 0.2) is 0 Å². The van der Waals surface area contributed by atoms with E-state index >= 15 is 0 Å². The van der Waals surface area contributed by atoms with E-state index in [2.05, 4.69) is 12.2 Å². The first-order valence-corrected chi connectivity index (χ1v) is 5.70. The smallest absolute Gasteiger partial charge is 0.0584 e. The molecule has 0 aromatic rings. The van der Waals surface area contributed by atoms with Crippen LogP contribution in [0.5, 0.6) is 0 Å². The molecule has 2 fully saturated rings. The molecule has 4 atom stereocenters. The number of aliphatic hydroxyl groups excluding tert-OH is 1. The Morgan fingerprint density at radius 3 is 2.69 bits per heavy atom. The molecule has 2 N–H and O–H groups in total. The Labute approximate surface area is 80.7 Å². The first kappa shape index (κ1) is 9.47. The van der Waals surface area contributed by atoms with Gasteiger partial charge in [0.05, 0.1) is 6.61 Å². The quantitative estimate of drug-likeness (QED) is 0.693. The van der Waals surface area contributed by atoms with E-state index in [-0.39, 0.29) is 0 Å². The molecule has 0 aromatic heterocycles. The maximum atomic E-state index is 9.09. The average molecular weight is 183 g/mol. The third-order valence-electron chi connectivity index (χ3n) is 3.90. The topological polar surface area (TPSA) is 32.3 Å². The monoisotopic (exact) mass is 183 g/mol. The highest BCUT2D eigenvalue weighted by atomic mass is 16.3. The number of hydrogen-bond donors (Lipinski definition) is 2. The van der Waals surface area contributed by atoms with E-state index in [1.165, 1.54) is 25.7 Å². The highest BCUT2D eigenvalue weighted by Gasteiger charge is 2.39. The van der Waals surface area contributed by atoms with Gasteiger partial charge in [-0.15, -0.1) is 0 Å². The van der Waals surface area contributed by atoms with Gasteiger partial charge < -0.3 is 10.4 Å². The predicted molar refractivity (Wildman–Crippen MR) is 53.5 cm³/mol. The zero-order valence-corrected chi connectivity index (χ0v) is 8.50. The Morgan fingerprint density at radius 1 is 1.38 bits per heavy atom. The van der Waals surface area contributed by atoms with Crippen molar-refractivity contribution in [2.24, 2.45) is 11.8 Å². The summed E-state index contributed by atoms with van der Waals surface area (Å²) in [7, 11) is 0. The number of fused-ring (bicyclic) bond motifs is 2. The van der Waals surface area contributed by atoms with E-state index in [1.54, 1.807) is 0 Å². The molecule has 2 heteroatoms. The minimum atomic E-state index is 0.296. The van der Waals surface area contributed by atoms with Crippen molar-refractivity contribution in [2.75, 3.05) is 6.61 Å². The molecule has 0 unspecified atom stereocenters. The van der Waals surface area contributed by atoms with Crippen LogP contribution in [0.2, 0.25) is 0 Å². The fourth-order valence-electron chi connectivity index (χ4n) is 3.05. The second kappa shape index (κ2) is 3.97. The molecular formula is C11H21NO. The molecule has 13 heavy (non-hydrogen) atoms. The van der Waals surface area contributed by atoms with Gasteiger partial charge in [-0.05, 0) is 37.5 Å². The van der Waals surface area contributed by atoms with Gasteiger partial charge in [0.25, 0.3) is 0 Å². The Bertz CT molecular complexity index is 167. The Morgan fingerprint density at radius 2 is 2.23 bits per heavy atom. The molecule has 2 bridgehead atoms. The van der Waals surface area contributed by atoms with Crippen LogP contribution in [0.1, 0.15) is 39.0 Å². The van der Waals surface area contributed by atoms with E-state index in [1.807, 2.05) is 0 Å². The molecule has 0 spiro atoms. The molecule has 2 rings (SSSR count). The van der Waals surface area contributed by atoms with Crippen molar-refractivity contribution in [3.05, 3.63) is 0 Å². The highest BCUT2D eigenvalue weighted by molar-refractivity contribution is 4.95. The van der Waals surface area contributed by atoms with Crippen molar-refractivity contribution < 1.29 is 5.11 Å². The van der Waals surface area contributed by atoms with E-state index in [9.17, 15) is 0 Å². The lowest BCUT2D eigenvalue weighted by molar-refractivity contribution is 0.210. The third kappa shape index (κ3) is 1.89. The van der Waals surface area contributed by atoms with Crippen molar-refractivity contribution in [2.45, 2.75) is 51.1 Å². The van der Waals surface area contributed by atoms with Gasteiger partial charge in [0, 0.05) is 12.1 Å². The second-order valence-corrected chi connectivity index (χ2v) is 4.74. The van der Waals surface area contributed by atoms with Gasteiger partial charge >= 0.3 is 0 Å². The van der Waals surface area contributed by atoms with Crippen molar-refractivity contribution in [3.8, 4) is 0 Å². The summed E-state index contributed by atoms with van der Waals surface area (Å²) in [6.07, 6.45) is 6.73. The maximum Gasteiger partial charge on any atom is 0.0584 e. The van der Waals surface area contributed by atoms with Crippen LogP contribution >= 0.6 is 0 Å². The van der Waals surface area contributed by atoms with Crippen LogP contribution in [-0.2, 0) is 0 Å². The van der Waals surface area contributed by atoms with Gasteiger partial charge in [-0.2, -0.15) is 0 Å². The molecule has 0 aromatic carbocycles. The van der Waals surface area contributed by atoms with Gasteiger partial charge in [-0.25, -0.2) is 0 Å². The molecule has 2 nitrogen and oxygen atoms in total. The van der Waals surface area contributed by atoms with Gasteiger partial charge in [-0.1, -0.05) is 13.3 Å². The normalized spacial score (nSPS) is 39.7. The van der Waals surface area contributed by atoms with Crippen molar-refractivity contribution in [1.82, 2.24) is 5.32 Å². The molecule has 0 radical (unpaired) electrons.